The molecule has 3 aromatic rings. The molecule has 3 aromatic heterocycles. The Morgan fingerprint density at radius 2 is 1.80 bits per heavy atom. The molecule has 0 aliphatic carbocycles. The maximum absolute atomic E-state index is 13.4. The zero-order chi connectivity index (χ0) is 25.6. The number of pyridine rings is 1. The van der Waals surface area contributed by atoms with Gasteiger partial charge < -0.3 is 14.2 Å². The van der Waals surface area contributed by atoms with Crippen molar-refractivity contribution in [3.63, 3.8) is 0 Å². The summed E-state index contributed by atoms with van der Waals surface area (Å²) in [6, 6.07) is 5.18. The number of anilines is 1. The zero-order valence-corrected chi connectivity index (χ0v) is 21.5. The van der Waals surface area contributed by atoms with Gasteiger partial charge in [0.2, 0.25) is 21.9 Å². The molecule has 0 spiro atoms. The lowest BCUT2D eigenvalue weighted by molar-refractivity contribution is 0.0189. The van der Waals surface area contributed by atoms with Crippen LogP contribution in [0.2, 0.25) is 0 Å². The van der Waals surface area contributed by atoms with Crippen molar-refractivity contribution >= 4 is 16.0 Å². The van der Waals surface area contributed by atoms with Crippen LogP contribution in [0.15, 0.2) is 30.6 Å². The van der Waals surface area contributed by atoms with Crippen molar-refractivity contribution in [3.8, 4) is 17.4 Å². The van der Waals surface area contributed by atoms with Gasteiger partial charge in [-0.2, -0.15) is 0 Å². The van der Waals surface area contributed by atoms with E-state index < -0.39 is 27.4 Å². The molecule has 3 rings (SSSR count). The molecule has 0 aliphatic rings. The number of rotatable bonds is 12. The Labute approximate surface area is 205 Å². The minimum atomic E-state index is -3.92. The number of nitrogens with zero attached hydrogens (tertiary/aromatic N) is 6. The molecular weight excluding hydrogens is 474 g/mol. The van der Waals surface area contributed by atoms with Crippen LogP contribution in [-0.2, 0) is 19.5 Å². The van der Waals surface area contributed by atoms with E-state index in [1.54, 1.807) is 56.1 Å². The number of ether oxygens (including phenoxy) is 3. The van der Waals surface area contributed by atoms with Gasteiger partial charge in [0.25, 0.3) is 0 Å². The average molecular weight is 506 g/mol. The minimum Gasteiger partial charge on any atom is -0.481 e. The second-order valence-electron chi connectivity index (χ2n) is 8.01. The molecule has 0 aromatic carbocycles. The largest absolute Gasteiger partial charge is 0.481 e. The van der Waals surface area contributed by atoms with Gasteiger partial charge in [-0.1, -0.05) is 13.0 Å². The van der Waals surface area contributed by atoms with Gasteiger partial charge in [0.15, 0.2) is 5.82 Å². The number of methoxy groups -OCH3 is 3. The molecule has 0 amide bonds. The highest BCUT2D eigenvalue weighted by Gasteiger charge is 2.32. The van der Waals surface area contributed by atoms with Crippen molar-refractivity contribution in [2.75, 3.05) is 32.7 Å². The molecule has 3 atom stereocenters. The Bertz CT molecular complexity index is 1220. The molecule has 0 aliphatic heterocycles. The van der Waals surface area contributed by atoms with Crippen molar-refractivity contribution in [2.24, 2.45) is 0 Å². The lowest BCUT2D eigenvalue weighted by Crippen LogP contribution is -2.32. The second kappa shape index (κ2) is 11.5. The number of nitrogens with one attached hydrogen (secondary N) is 1. The summed E-state index contributed by atoms with van der Waals surface area (Å²) in [4.78, 5) is 13.0. The summed E-state index contributed by atoms with van der Waals surface area (Å²) in [5, 5.41) is 7.48. The Kier molecular flexibility index (Phi) is 8.70. The van der Waals surface area contributed by atoms with Crippen LogP contribution in [0.5, 0.6) is 5.88 Å². The van der Waals surface area contributed by atoms with Gasteiger partial charge in [-0.15, -0.1) is 10.2 Å². The third-order valence-electron chi connectivity index (χ3n) is 5.62. The quantitative estimate of drug-likeness (QED) is 0.390. The van der Waals surface area contributed by atoms with Gasteiger partial charge in [-0.25, -0.2) is 23.4 Å². The number of aryl methyl sites for hydroxylation is 1. The molecule has 3 heterocycles. The number of sulfonamides is 1. The van der Waals surface area contributed by atoms with Crippen LogP contribution in [0, 0.1) is 6.92 Å². The first-order chi connectivity index (χ1) is 16.7. The van der Waals surface area contributed by atoms with Crippen LogP contribution in [0.3, 0.4) is 0 Å². The fourth-order valence-electron chi connectivity index (χ4n) is 3.37. The molecule has 190 valence electrons. The van der Waals surface area contributed by atoms with E-state index in [1.807, 2.05) is 6.92 Å². The second-order valence-corrected chi connectivity index (χ2v) is 10.1. The maximum Gasteiger partial charge on any atom is 0.240 e. The first-order valence-corrected chi connectivity index (χ1v) is 12.5. The van der Waals surface area contributed by atoms with Crippen molar-refractivity contribution < 1.29 is 22.6 Å². The van der Waals surface area contributed by atoms with E-state index in [-0.39, 0.29) is 5.95 Å². The van der Waals surface area contributed by atoms with Crippen molar-refractivity contribution in [2.45, 2.75) is 44.6 Å². The highest BCUT2D eigenvalue weighted by Crippen LogP contribution is 2.29. The third-order valence-corrected chi connectivity index (χ3v) is 7.48. The lowest BCUT2D eigenvalue weighted by atomic mass is 10.1. The molecule has 12 nitrogen and oxygen atoms in total. The molecule has 0 fully saturated rings. The van der Waals surface area contributed by atoms with E-state index >= 15 is 0 Å². The Morgan fingerprint density at radius 3 is 2.43 bits per heavy atom. The molecule has 0 bridgehead atoms. The number of hydrogen-bond donors (Lipinski definition) is 1. The molecule has 0 saturated heterocycles. The number of hydrogen-bond acceptors (Lipinski definition) is 10. The molecular formula is C22H31N7O5S. The van der Waals surface area contributed by atoms with Crippen molar-refractivity contribution in [1.82, 2.24) is 29.7 Å². The van der Waals surface area contributed by atoms with Gasteiger partial charge in [0.1, 0.15) is 17.7 Å². The van der Waals surface area contributed by atoms with Crippen molar-refractivity contribution in [3.05, 3.63) is 42.0 Å². The van der Waals surface area contributed by atoms with E-state index in [1.165, 1.54) is 14.2 Å². The highest BCUT2D eigenvalue weighted by atomic mass is 32.2. The van der Waals surface area contributed by atoms with Gasteiger partial charge in [-0.05, 0) is 25.5 Å². The predicted octanol–water partition coefficient (Wildman–Crippen LogP) is 2.56. The summed E-state index contributed by atoms with van der Waals surface area (Å²) in [7, 11) is 0.672. The summed E-state index contributed by atoms with van der Waals surface area (Å²) in [6.45, 7) is 5.60. The van der Waals surface area contributed by atoms with E-state index in [0.717, 1.165) is 5.56 Å². The Balaban J connectivity index is 1.99. The Hall–Kier alpha value is -3.16. The van der Waals surface area contributed by atoms with Gasteiger partial charge in [0.05, 0.1) is 19.0 Å². The first-order valence-electron chi connectivity index (χ1n) is 11.0. The first kappa shape index (κ1) is 26.4. The average Bonchev–Trinajstić information content (AvgIpc) is 3.26. The van der Waals surface area contributed by atoms with Crippen LogP contribution >= 0.6 is 0 Å². The Morgan fingerprint density at radius 1 is 1.09 bits per heavy atom. The van der Waals surface area contributed by atoms with Crippen LogP contribution in [0.4, 0.5) is 5.95 Å². The third kappa shape index (κ3) is 6.10. The fraction of sp³-hybridized carbons (Fsp3) is 0.500. The van der Waals surface area contributed by atoms with Gasteiger partial charge in [-0.3, -0.25) is 9.29 Å². The predicted molar refractivity (Wildman–Crippen MR) is 130 cm³/mol. The summed E-state index contributed by atoms with van der Waals surface area (Å²) < 4.78 is 46.9. The molecule has 1 N–H and O–H groups in total. The molecule has 0 radical (unpaired) electrons. The van der Waals surface area contributed by atoms with E-state index in [4.69, 9.17) is 14.2 Å². The zero-order valence-electron chi connectivity index (χ0n) is 20.7. The minimum absolute atomic E-state index is 0.00329. The SMILES string of the molecule is COCCC(OC)n1c(NS(=O)(=O)[C@@H](C)[C@H](C)c2ncc(C)cn2)nnc1-c1cccc(OC)n1. The summed E-state index contributed by atoms with van der Waals surface area (Å²) in [5.41, 5.74) is 1.33. The van der Waals surface area contributed by atoms with Gasteiger partial charge >= 0.3 is 0 Å². The standard InChI is InChI=1S/C22H31N7O5S/c1-14-12-23-20(24-13-14)15(2)16(3)35(30,31)28-22-27-26-21(17-8-7-9-18(25-17)33-5)29(22)19(34-6)10-11-32-4/h7-9,12-13,15-16,19H,10-11H2,1-6H3,(H,27,28)/t15-,16-,19?/m0/s1. The van der Waals surface area contributed by atoms with E-state index in [0.29, 0.717) is 36.3 Å². The molecule has 0 saturated carbocycles. The highest BCUT2D eigenvalue weighted by molar-refractivity contribution is 7.93. The van der Waals surface area contributed by atoms with Gasteiger partial charge in [0, 0.05) is 45.0 Å². The van der Waals surface area contributed by atoms with Crippen LogP contribution in [-0.4, -0.2) is 71.3 Å². The summed E-state index contributed by atoms with van der Waals surface area (Å²) >= 11 is 0. The number of aromatic nitrogens is 6. The van der Waals surface area contributed by atoms with Crippen molar-refractivity contribution in [1.29, 1.82) is 0 Å². The van der Waals surface area contributed by atoms with Crippen LogP contribution < -0.4 is 9.46 Å². The molecule has 35 heavy (non-hydrogen) atoms. The monoisotopic (exact) mass is 505 g/mol. The van der Waals surface area contributed by atoms with E-state index in [9.17, 15) is 8.42 Å². The molecule has 13 heteroatoms. The normalized spacial score (nSPS) is 14.3. The van der Waals surface area contributed by atoms with E-state index in [2.05, 4.69) is 29.9 Å². The summed E-state index contributed by atoms with van der Waals surface area (Å²) in [6.07, 6.45) is 3.11. The maximum atomic E-state index is 13.4. The smallest absolute Gasteiger partial charge is 0.240 e. The fourth-order valence-corrected chi connectivity index (χ4v) is 4.61. The molecule has 1 unspecified atom stereocenters. The summed E-state index contributed by atoms with van der Waals surface area (Å²) in [5.74, 6) is 0.649. The lowest BCUT2D eigenvalue weighted by Gasteiger charge is -2.23. The topological polar surface area (TPSA) is 143 Å². The van der Waals surface area contributed by atoms with Crippen LogP contribution in [0.25, 0.3) is 11.5 Å². The van der Waals surface area contributed by atoms with Crippen LogP contribution in [0.1, 0.15) is 43.8 Å².